The van der Waals surface area contributed by atoms with E-state index < -0.39 is 0 Å². The van der Waals surface area contributed by atoms with Gasteiger partial charge in [0.25, 0.3) is 0 Å². The lowest BCUT2D eigenvalue weighted by Gasteiger charge is -2.19. The average molecular weight is 352 g/mol. The molecule has 1 aromatic rings. The molecule has 24 heavy (non-hydrogen) atoms. The Bertz CT molecular complexity index is 575. The summed E-state index contributed by atoms with van der Waals surface area (Å²) in [5.74, 6) is 1.33. The summed E-state index contributed by atoms with van der Waals surface area (Å²) in [5.41, 5.74) is 1.29. The van der Waals surface area contributed by atoms with E-state index in [0.717, 1.165) is 30.4 Å². The van der Waals surface area contributed by atoms with Gasteiger partial charge in [0, 0.05) is 36.7 Å². The standard InChI is InChI=1S/C18H26ClN3O2/c1-12(10-24-15-6-7-23-11-15)21-18(20-2)22-17-9-16(17)13-4-3-5-14(19)8-13/h3-5,8,12,15-17H,6-7,9-11H2,1-2H3,(H2,20,21,22). The van der Waals surface area contributed by atoms with Gasteiger partial charge in [0.05, 0.1) is 19.3 Å². The summed E-state index contributed by atoms with van der Waals surface area (Å²) in [6, 6.07) is 8.70. The van der Waals surface area contributed by atoms with Gasteiger partial charge >= 0.3 is 0 Å². The molecule has 5 nitrogen and oxygen atoms in total. The number of halogens is 1. The lowest BCUT2D eigenvalue weighted by molar-refractivity contribution is 0.0347. The second-order valence-corrected chi connectivity index (χ2v) is 7.02. The maximum Gasteiger partial charge on any atom is 0.191 e. The summed E-state index contributed by atoms with van der Waals surface area (Å²) in [7, 11) is 1.80. The molecule has 6 heteroatoms. The molecule has 3 rings (SSSR count). The van der Waals surface area contributed by atoms with Crippen LogP contribution in [0.3, 0.4) is 0 Å². The molecule has 4 unspecified atom stereocenters. The number of hydrogen-bond acceptors (Lipinski definition) is 3. The average Bonchev–Trinajstić information content (AvgIpc) is 3.14. The minimum Gasteiger partial charge on any atom is -0.379 e. The number of ether oxygens (including phenoxy) is 2. The Morgan fingerprint density at radius 3 is 3.08 bits per heavy atom. The maximum absolute atomic E-state index is 6.08. The molecule has 132 valence electrons. The van der Waals surface area contributed by atoms with Crippen molar-refractivity contribution in [2.24, 2.45) is 4.99 Å². The van der Waals surface area contributed by atoms with Crippen LogP contribution >= 0.6 is 11.6 Å². The molecule has 0 radical (unpaired) electrons. The van der Waals surface area contributed by atoms with Crippen LogP contribution in [0.5, 0.6) is 0 Å². The van der Waals surface area contributed by atoms with Crippen LogP contribution in [0.15, 0.2) is 29.3 Å². The van der Waals surface area contributed by atoms with Crippen molar-refractivity contribution in [3.05, 3.63) is 34.9 Å². The highest BCUT2D eigenvalue weighted by Crippen LogP contribution is 2.41. The van der Waals surface area contributed by atoms with Crippen molar-refractivity contribution in [1.29, 1.82) is 0 Å². The number of guanidine groups is 1. The summed E-state index contributed by atoms with van der Waals surface area (Å²) < 4.78 is 11.2. The van der Waals surface area contributed by atoms with Gasteiger partial charge < -0.3 is 20.1 Å². The number of hydrogen-bond donors (Lipinski definition) is 2. The van der Waals surface area contributed by atoms with E-state index in [9.17, 15) is 0 Å². The van der Waals surface area contributed by atoms with Crippen molar-refractivity contribution in [2.45, 2.75) is 43.9 Å². The first-order valence-electron chi connectivity index (χ1n) is 8.60. The van der Waals surface area contributed by atoms with E-state index in [1.54, 1.807) is 7.05 Å². The van der Waals surface area contributed by atoms with Gasteiger partial charge in [-0.15, -0.1) is 0 Å². The van der Waals surface area contributed by atoms with E-state index in [-0.39, 0.29) is 12.1 Å². The zero-order valence-electron chi connectivity index (χ0n) is 14.3. The molecule has 0 spiro atoms. The molecule has 1 aliphatic carbocycles. The fourth-order valence-corrected chi connectivity index (χ4v) is 3.21. The van der Waals surface area contributed by atoms with E-state index in [1.165, 1.54) is 5.56 Å². The van der Waals surface area contributed by atoms with Crippen molar-refractivity contribution < 1.29 is 9.47 Å². The summed E-state index contributed by atoms with van der Waals surface area (Å²) >= 11 is 6.08. The SMILES string of the molecule is CN=C(NC(C)COC1CCOC1)NC1CC1c1cccc(Cl)c1. The van der Waals surface area contributed by atoms with Crippen molar-refractivity contribution >= 4 is 17.6 Å². The lowest BCUT2D eigenvalue weighted by atomic mass is 10.1. The molecule has 4 atom stereocenters. The number of nitrogens with zero attached hydrogens (tertiary/aromatic N) is 1. The van der Waals surface area contributed by atoms with Crippen LogP contribution in [-0.2, 0) is 9.47 Å². The number of benzene rings is 1. The first-order valence-corrected chi connectivity index (χ1v) is 8.98. The van der Waals surface area contributed by atoms with Gasteiger partial charge in [-0.25, -0.2) is 0 Å². The van der Waals surface area contributed by atoms with Crippen molar-refractivity contribution in [3.8, 4) is 0 Å². The Morgan fingerprint density at radius 1 is 1.50 bits per heavy atom. The molecule has 2 fully saturated rings. The zero-order valence-corrected chi connectivity index (χ0v) is 15.1. The molecule has 0 bridgehead atoms. The highest BCUT2D eigenvalue weighted by atomic mass is 35.5. The normalized spacial score (nSPS) is 27.8. The van der Waals surface area contributed by atoms with Crippen LogP contribution in [0, 0.1) is 0 Å². The Hall–Kier alpha value is -1.30. The smallest absolute Gasteiger partial charge is 0.191 e. The summed E-state index contributed by atoms with van der Waals surface area (Å²) in [5, 5.41) is 7.67. The van der Waals surface area contributed by atoms with Crippen LogP contribution < -0.4 is 10.6 Å². The second-order valence-electron chi connectivity index (χ2n) is 6.58. The van der Waals surface area contributed by atoms with Crippen LogP contribution in [0.1, 0.15) is 31.2 Å². The number of nitrogens with one attached hydrogen (secondary N) is 2. The lowest BCUT2D eigenvalue weighted by Crippen LogP contribution is -2.45. The highest BCUT2D eigenvalue weighted by molar-refractivity contribution is 6.30. The van der Waals surface area contributed by atoms with Crippen LogP contribution in [0.2, 0.25) is 5.02 Å². The summed E-state index contributed by atoms with van der Waals surface area (Å²) in [6.07, 6.45) is 2.33. The van der Waals surface area contributed by atoms with Gasteiger partial charge in [-0.2, -0.15) is 0 Å². The largest absolute Gasteiger partial charge is 0.379 e. The molecular formula is C18H26ClN3O2. The van der Waals surface area contributed by atoms with Crippen LogP contribution in [0.4, 0.5) is 0 Å². The summed E-state index contributed by atoms with van der Waals surface area (Å²) in [6.45, 7) is 4.27. The third-order valence-electron chi connectivity index (χ3n) is 4.47. The van der Waals surface area contributed by atoms with E-state index in [2.05, 4.69) is 28.6 Å². The van der Waals surface area contributed by atoms with E-state index in [4.69, 9.17) is 21.1 Å². The maximum atomic E-state index is 6.08. The predicted molar refractivity (Wildman–Crippen MR) is 96.9 cm³/mol. The minimum atomic E-state index is 0.195. The van der Waals surface area contributed by atoms with Crippen LogP contribution in [0.25, 0.3) is 0 Å². The molecule has 1 aromatic carbocycles. The summed E-state index contributed by atoms with van der Waals surface area (Å²) in [4.78, 5) is 4.32. The molecule has 2 N–H and O–H groups in total. The van der Waals surface area contributed by atoms with E-state index in [1.807, 2.05) is 18.2 Å². The number of rotatable bonds is 6. The third kappa shape index (κ3) is 4.85. The third-order valence-corrected chi connectivity index (χ3v) is 4.70. The Balaban J connectivity index is 1.42. The minimum absolute atomic E-state index is 0.195. The second kappa shape index (κ2) is 8.19. The molecule has 0 aromatic heterocycles. The van der Waals surface area contributed by atoms with Gasteiger partial charge in [0.15, 0.2) is 5.96 Å². The topological polar surface area (TPSA) is 54.9 Å². The highest BCUT2D eigenvalue weighted by Gasteiger charge is 2.39. The van der Waals surface area contributed by atoms with E-state index in [0.29, 0.717) is 25.2 Å². The molecule has 1 heterocycles. The van der Waals surface area contributed by atoms with Gasteiger partial charge in [-0.1, -0.05) is 23.7 Å². The first kappa shape index (κ1) is 17.5. The monoisotopic (exact) mass is 351 g/mol. The van der Waals surface area contributed by atoms with Gasteiger partial charge in [-0.05, 0) is 37.5 Å². The Labute approximate surface area is 148 Å². The fourth-order valence-electron chi connectivity index (χ4n) is 3.01. The van der Waals surface area contributed by atoms with Crippen molar-refractivity contribution in [1.82, 2.24) is 10.6 Å². The molecule has 0 amide bonds. The predicted octanol–water partition coefficient (Wildman–Crippen LogP) is 2.55. The molecule has 1 saturated heterocycles. The number of aliphatic imine (C=N–C) groups is 1. The molecule has 2 aliphatic rings. The fraction of sp³-hybridized carbons (Fsp3) is 0.611. The Morgan fingerprint density at radius 2 is 2.38 bits per heavy atom. The molecular weight excluding hydrogens is 326 g/mol. The molecule has 1 saturated carbocycles. The zero-order chi connectivity index (χ0) is 16.9. The van der Waals surface area contributed by atoms with Crippen molar-refractivity contribution in [2.75, 3.05) is 26.9 Å². The van der Waals surface area contributed by atoms with Gasteiger partial charge in [-0.3, -0.25) is 4.99 Å². The quantitative estimate of drug-likeness (QED) is 0.611. The van der Waals surface area contributed by atoms with Gasteiger partial charge in [0.2, 0.25) is 0 Å². The molecule has 1 aliphatic heterocycles. The van der Waals surface area contributed by atoms with Crippen LogP contribution in [-0.4, -0.2) is 51.0 Å². The van der Waals surface area contributed by atoms with Crippen molar-refractivity contribution in [3.63, 3.8) is 0 Å². The van der Waals surface area contributed by atoms with Gasteiger partial charge in [0.1, 0.15) is 0 Å². The van der Waals surface area contributed by atoms with E-state index >= 15 is 0 Å². The Kier molecular flexibility index (Phi) is 5.98. The first-order chi connectivity index (χ1) is 11.7.